The molecule has 0 heterocycles. The first-order valence-electron chi connectivity index (χ1n) is 10.5. The predicted molar refractivity (Wildman–Crippen MR) is 127 cm³/mol. The first-order valence-corrected chi connectivity index (χ1v) is 10.5. The first kappa shape index (κ1) is 23.5. The van der Waals surface area contributed by atoms with Crippen LogP contribution in [0.5, 0.6) is 0 Å². The summed E-state index contributed by atoms with van der Waals surface area (Å²) in [5.41, 5.74) is 1.84. The average Bonchev–Trinajstić information content (AvgIpc) is 2.79. The van der Waals surface area contributed by atoms with Crippen molar-refractivity contribution in [3.8, 4) is 0 Å². The molecule has 3 rings (SSSR count). The highest BCUT2D eigenvalue weighted by atomic mass is 16.5. The molecule has 0 saturated heterocycles. The quantitative estimate of drug-likeness (QED) is 0.428. The summed E-state index contributed by atoms with van der Waals surface area (Å²) in [6.45, 7) is 0.982. The molecule has 0 atom stereocenters. The fraction of sp³-hybridized carbons (Fsp3) is 0.200. The van der Waals surface area contributed by atoms with Gasteiger partial charge in [0, 0.05) is 42.2 Å². The smallest absolute Gasteiger partial charge is 0.306 e. The van der Waals surface area contributed by atoms with E-state index in [9.17, 15) is 19.2 Å². The second-order valence-corrected chi connectivity index (χ2v) is 7.40. The van der Waals surface area contributed by atoms with Gasteiger partial charge in [0.1, 0.15) is 0 Å². The van der Waals surface area contributed by atoms with Crippen LogP contribution in [0.4, 0.5) is 17.1 Å². The van der Waals surface area contributed by atoms with Gasteiger partial charge in [-0.25, -0.2) is 0 Å². The molecule has 0 aliphatic carbocycles. The molecule has 8 heteroatoms. The minimum atomic E-state index is -0.552. The molecule has 33 heavy (non-hydrogen) atoms. The van der Waals surface area contributed by atoms with E-state index >= 15 is 0 Å². The number of anilines is 3. The van der Waals surface area contributed by atoms with Crippen molar-refractivity contribution >= 4 is 51.5 Å². The van der Waals surface area contributed by atoms with Crippen molar-refractivity contribution in [3.05, 3.63) is 66.7 Å². The van der Waals surface area contributed by atoms with Crippen LogP contribution < -0.4 is 16.0 Å². The molecular weight excluding hydrogens is 422 g/mol. The number of esters is 1. The number of benzene rings is 3. The van der Waals surface area contributed by atoms with Crippen molar-refractivity contribution in [2.75, 3.05) is 22.6 Å². The van der Waals surface area contributed by atoms with Crippen molar-refractivity contribution in [2.24, 2.45) is 0 Å². The molecule has 3 N–H and O–H groups in total. The summed E-state index contributed by atoms with van der Waals surface area (Å²) in [5.74, 6) is -1.42. The molecule has 0 bridgehead atoms. The Kier molecular flexibility index (Phi) is 8.13. The predicted octanol–water partition coefficient (Wildman–Crippen LogP) is 4.09. The van der Waals surface area contributed by atoms with Gasteiger partial charge in [-0.2, -0.15) is 0 Å². The minimum absolute atomic E-state index is 0.0294. The molecule has 170 valence electrons. The van der Waals surface area contributed by atoms with Crippen LogP contribution in [-0.4, -0.2) is 30.3 Å². The SMILES string of the molecule is CC(=O)Nc1ccc(NC(=O)COC(=O)CCCC(=O)Nc2cccc3ccccc23)cc1. The molecule has 0 aliphatic rings. The summed E-state index contributed by atoms with van der Waals surface area (Å²) in [5, 5.41) is 10.1. The molecule has 0 aliphatic heterocycles. The maximum Gasteiger partial charge on any atom is 0.306 e. The summed E-state index contributed by atoms with van der Waals surface area (Å²) in [6, 6.07) is 20.0. The highest BCUT2D eigenvalue weighted by Crippen LogP contribution is 2.23. The molecule has 0 unspecified atom stereocenters. The highest BCUT2D eigenvalue weighted by Gasteiger charge is 2.11. The van der Waals surface area contributed by atoms with E-state index in [-0.39, 0.29) is 24.7 Å². The van der Waals surface area contributed by atoms with E-state index in [1.165, 1.54) is 6.92 Å². The first-order chi connectivity index (χ1) is 15.9. The van der Waals surface area contributed by atoms with Crippen LogP contribution in [0, 0.1) is 0 Å². The zero-order valence-electron chi connectivity index (χ0n) is 18.2. The number of amides is 3. The Labute approximate surface area is 191 Å². The Morgan fingerprint density at radius 2 is 1.39 bits per heavy atom. The van der Waals surface area contributed by atoms with Gasteiger partial charge in [0.05, 0.1) is 0 Å². The standard InChI is InChI=1S/C25H25N3O5/c1-17(29)26-19-12-14-20(15-13-19)27-24(31)16-33-25(32)11-5-10-23(30)28-22-9-4-7-18-6-2-3-8-21(18)22/h2-4,6-9,12-15H,5,10-11,16H2,1H3,(H,26,29)(H,27,31)(H,28,30). The Balaban J connectivity index is 1.35. The van der Waals surface area contributed by atoms with E-state index < -0.39 is 18.5 Å². The summed E-state index contributed by atoms with van der Waals surface area (Å²) in [7, 11) is 0. The van der Waals surface area contributed by atoms with Crippen LogP contribution in [0.25, 0.3) is 10.8 Å². The maximum absolute atomic E-state index is 12.2. The van der Waals surface area contributed by atoms with E-state index in [1.807, 2.05) is 42.5 Å². The summed E-state index contributed by atoms with van der Waals surface area (Å²) in [6.07, 6.45) is 0.495. The van der Waals surface area contributed by atoms with Crippen molar-refractivity contribution in [1.29, 1.82) is 0 Å². The van der Waals surface area contributed by atoms with Crippen LogP contribution in [0.2, 0.25) is 0 Å². The van der Waals surface area contributed by atoms with E-state index in [0.717, 1.165) is 16.5 Å². The number of hydrogen-bond acceptors (Lipinski definition) is 5. The van der Waals surface area contributed by atoms with E-state index in [1.54, 1.807) is 24.3 Å². The summed E-state index contributed by atoms with van der Waals surface area (Å²) < 4.78 is 4.97. The molecule has 0 radical (unpaired) electrons. The lowest BCUT2D eigenvalue weighted by atomic mass is 10.1. The van der Waals surface area contributed by atoms with Gasteiger partial charge in [-0.05, 0) is 42.1 Å². The normalized spacial score (nSPS) is 10.3. The molecule has 3 amide bonds. The molecule has 3 aromatic rings. The van der Waals surface area contributed by atoms with Crippen molar-refractivity contribution < 1.29 is 23.9 Å². The lowest BCUT2D eigenvalue weighted by Crippen LogP contribution is -2.21. The van der Waals surface area contributed by atoms with E-state index in [2.05, 4.69) is 16.0 Å². The highest BCUT2D eigenvalue weighted by molar-refractivity contribution is 6.02. The zero-order chi connectivity index (χ0) is 23.6. The lowest BCUT2D eigenvalue weighted by molar-refractivity contribution is -0.147. The summed E-state index contributed by atoms with van der Waals surface area (Å²) in [4.78, 5) is 47.1. The number of ether oxygens (including phenoxy) is 1. The summed E-state index contributed by atoms with van der Waals surface area (Å²) >= 11 is 0. The van der Waals surface area contributed by atoms with Gasteiger partial charge in [0.2, 0.25) is 11.8 Å². The molecule has 0 aromatic heterocycles. The number of carbonyl (C=O) groups is 4. The lowest BCUT2D eigenvalue weighted by Gasteiger charge is -2.09. The molecule has 0 fully saturated rings. The Hall–Kier alpha value is -4.20. The zero-order valence-corrected chi connectivity index (χ0v) is 18.2. The number of rotatable bonds is 9. The van der Waals surface area contributed by atoms with Crippen molar-refractivity contribution in [1.82, 2.24) is 0 Å². The third-order valence-electron chi connectivity index (χ3n) is 4.70. The topological polar surface area (TPSA) is 114 Å². The number of hydrogen-bond donors (Lipinski definition) is 3. The second-order valence-electron chi connectivity index (χ2n) is 7.40. The molecule has 8 nitrogen and oxygen atoms in total. The number of fused-ring (bicyclic) bond motifs is 1. The minimum Gasteiger partial charge on any atom is -0.456 e. The van der Waals surface area contributed by atoms with Gasteiger partial charge in [-0.15, -0.1) is 0 Å². The fourth-order valence-corrected chi connectivity index (χ4v) is 3.20. The van der Waals surface area contributed by atoms with Gasteiger partial charge < -0.3 is 20.7 Å². The Morgan fingerprint density at radius 3 is 2.12 bits per heavy atom. The molecule has 0 spiro atoms. The van der Waals surface area contributed by atoms with Crippen molar-refractivity contribution in [2.45, 2.75) is 26.2 Å². The van der Waals surface area contributed by atoms with Gasteiger partial charge in [-0.1, -0.05) is 36.4 Å². The molecular formula is C25H25N3O5. The van der Waals surface area contributed by atoms with Crippen LogP contribution in [0.15, 0.2) is 66.7 Å². The Morgan fingerprint density at radius 1 is 0.727 bits per heavy atom. The third-order valence-corrected chi connectivity index (χ3v) is 4.70. The average molecular weight is 447 g/mol. The van der Waals surface area contributed by atoms with Crippen molar-refractivity contribution in [3.63, 3.8) is 0 Å². The molecule has 3 aromatic carbocycles. The van der Waals surface area contributed by atoms with Gasteiger partial charge >= 0.3 is 5.97 Å². The maximum atomic E-state index is 12.2. The number of nitrogens with one attached hydrogen (secondary N) is 3. The third kappa shape index (κ3) is 7.46. The van der Waals surface area contributed by atoms with Crippen LogP contribution in [-0.2, 0) is 23.9 Å². The van der Waals surface area contributed by atoms with Crippen LogP contribution in [0.1, 0.15) is 26.2 Å². The van der Waals surface area contributed by atoms with Gasteiger partial charge in [-0.3, -0.25) is 19.2 Å². The largest absolute Gasteiger partial charge is 0.456 e. The molecule has 0 saturated carbocycles. The fourth-order valence-electron chi connectivity index (χ4n) is 3.20. The van der Waals surface area contributed by atoms with Gasteiger partial charge in [0.15, 0.2) is 6.61 Å². The monoisotopic (exact) mass is 447 g/mol. The Bertz CT molecular complexity index is 1150. The second kappa shape index (κ2) is 11.4. The van der Waals surface area contributed by atoms with E-state index in [0.29, 0.717) is 17.8 Å². The van der Waals surface area contributed by atoms with Crippen LogP contribution >= 0.6 is 0 Å². The van der Waals surface area contributed by atoms with Crippen LogP contribution in [0.3, 0.4) is 0 Å². The van der Waals surface area contributed by atoms with Gasteiger partial charge in [0.25, 0.3) is 5.91 Å². The van der Waals surface area contributed by atoms with E-state index in [4.69, 9.17) is 4.74 Å². The number of carbonyl (C=O) groups excluding carboxylic acids is 4.